The van der Waals surface area contributed by atoms with Gasteiger partial charge in [-0.3, -0.25) is 0 Å². The van der Waals surface area contributed by atoms with Gasteiger partial charge in [0.15, 0.2) is 9.84 Å². The number of hydrogen-bond donors (Lipinski definition) is 0. The highest BCUT2D eigenvalue weighted by atomic mass is 32.2. The highest BCUT2D eigenvalue weighted by molar-refractivity contribution is 7.91. The third kappa shape index (κ3) is 2.40. The van der Waals surface area contributed by atoms with Crippen molar-refractivity contribution in [2.75, 3.05) is 11.5 Å². The van der Waals surface area contributed by atoms with Crippen molar-refractivity contribution in [1.82, 2.24) is 0 Å². The first-order valence-electron chi connectivity index (χ1n) is 3.37. The minimum Gasteiger partial charge on any atom is -0.229 e. The summed E-state index contributed by atoms with van der Waals surface area (Å²) in [7, 11) is -2.75. The second-order valence-corrected chi connectivity index (χ2v) is 4.66. The Morgan fingerprint density at radius 1 is 1.00 bits per heavy atom. The van der Waals surface area contributed by atoms with Crippen LogP contribution in [0.3, 0.4) is 0 Å². The predicted molar refractivity (Wildman–Crippen MR) is 40.3 cm³/mol. The van der Waals surface area contributed by atoms with E-state index in [2.05, 4.69) is 11.8 Å². The SMILES string of the molecule is O=S1(=O)CCC#CCCC1. The zero-order valence-electron chi connectivity index (χ0n) is 5.76. The maximum Gasteiger partial charge on any atom is 0.151 e. The van der Waals surface area contributed by atoms with Crippen LogP contribution in [0.2, 0.25) is 0 Å². The van der Waals surface area contributed by atoms with Crippen molar-refractivity contribution < 1.29 is 8.42 Å². The van der Waals surface area contributed by atoms with E-state index in [1.807, 2.05) is 0 Å². The fourth-order valence-electron chi connectivity index (χ4n) is 0.866. The number of hydrogen-bond acceptors (Lipinski definition) is 2. The van der Waals surface area contributed by atoms with Crippen LogP contribution < -0.4 is 0 Å². The van der Waals surface area contributed by atoms with Gasteiger partial charge in [0, 0.05) is 12.8 Å². The van der Waals surface area contributed by atoms with Gasteiger partial charge in [-0.25, -0.2) is 8.42 Å². The molecule has 0 saturated carbocycles. The molecule has 0 bridgehead atoms. The molecule has 0 aromatic carbocycles. The van der Waals surface area contributed by atoms with E-state index in [1.54, 1.807) is 0 Å². The van der Waals surface area contributed by atoms with Crippen molar-refractivity contribution in [2.24, 2.45) is 0 Å². The normalized spacial score (nSPS) is 23.6. The van der Waals surface area contributed by atoms with Crippen molar-refractivity contribution >= 4 is 9.84 Å². The Balaban J connectivity index is 2.65. The van der Waals surface area contributed by atoms with Gasteiger partial charge in [0.1, 0.15) is 0 Å². The Labute approximate surface area is 61.5 Å². The molecule has 0 fully saturated rings. The van der Waals surface area contributed by atoms with Gasteiger partial charge >= 0.3 is 0 Å². The average Bonchev–Trinajstić information content (AvgIpc) is 1.81. The summed E-state index contributed by atoms with van der Waals surface area (Å²) < 4.78 is 21.9. The van der Waals surface area contributed by atoms with E-state index < -0.39 is 9.84 Å². The van der Waals surface area contributed by atoms with Crippen molar-refractivity contribution in [3.63, 3.8) is 0 Å². The van der Waals surface area contributed by atoms with E-state index in [1.165, 1.54) is 0 Å². The van der Waals surface area contributed by atoms with E-state index in [-0.39, 0.29) is 5.75 Å². The van der Waals surface area contributed by atoms with Gasteiger partial charge in [-0.05, 0) is 6.42 Å². The Hall–Kier alpha value is -0.490. The molecule has 2 nitrogen and oxygen atoms in total. The summed E-state index contributed by atoms with van der Waals surface area (Å²) in [6, 6.07) is 0. The van der Waals surface area contributed by atoms with Crippen LogP contribution in [-0.2, 0) is 9.84 Å². The molecular weight excluding hydrogens is 148 g/mol. The third-order valence-corrected chi connectivity index (χ3v) is 3.16. The van der Waals surface area contributed by atoms with Crippen LogP contribution in [0.5, 0.6) is 0 Å². The number of rotatable bonds is 0. The topological polar surface area (TPSA) is 34.1 Å². The summed E-state index contributed by atoms with van der Waals surface area (Å²) in [6.45, 7) is 0. The van der Waals surface area contributed by atoms with Gasteiger partial charge in [-0.2, -0.15) is 0 Å². The second kappa shape index (κ2) is 3.07. The molecule has 0 radical (unpaired) electrons. The lowest BCUT2D eigenvalue weighted by Gasteiger charge is -2.01. The second-order valence-electron chi connectivity index (χ2n) is 2.36. The van der Waals surface area contributed by atoms with Gasteiger partial charge in [-0.15, -0.1) is 11.8 Å². The van der Waals surface area contributed by atoms with Crippen LogP contribution in [0, 0.1) is 11.8 Å². The molecule has 0 aromatic heterocycles. The molecule has 0 aliphatic carbocycles. The van der Waals surface area contributed by atoms with Crippen molar-refractivity contribution in [1.29, 1.82) is 0 Å². The highest BCUT2D eigenvalue weighted by Gasteiger charge is 2.09. The molecule has 0 atom stereocenters. The molecule has 1 aliphatic heterocycles. The Bertz CT molecular complexity index is 253. The Morgan fingerprint density at radius 3 is 2.50 bits per heavy atom. The minimum atomic E-state index is -2.75. The van der Waals surface area contributed by atoms with Crippen LogP contribution in [0.4, 0.5) is 0 Å². The van der Waals surface area contributed by atoms with Crippen LogP contribution in [-0.4, -0.2) is 19.9 Å². The smallest absolute Gasteiger partial charge is 0.151 e. The van der Waals surface area contributed by atoms with Crippen LogP contribution in [0.15, 0.2) is 0 Å². The first-order valence-corrected chi connectivity index (χ1v) is 5.19. The lowest BCUT2D eigenvalue weighted by atomic mass is 10.3. The molecule has 1 rings (SSSR count). The molecule has 0 unspecified atom stereocenters. The molecule has 1 aliphatic rings. The molecule has 56 valence electrons. The standard InChI is InChI=1S/C7H10O2S/c8-10(9)6-4-2-1-3-5-7-10/h2,4-7H2. The fourth-order valence-corrected chi connectivity index (χ4v) is 2.07. The maximum absolute atomic E-state index is 11.0. The van der Waals surface area contributed by atoms with E-state index in [0.29, 0.717) is 18.6 Å². The van der Waals surface area contributed by atoms with E-state index in [0.717, 1.165) is 6.42 Å². The van der Waals surface area contributed by atoms with E-state index >= 15 is 0 Å². The van der Waals surface area contributed by atoms with Gasteiger partial charge in [0.2, 0.25) is 0 Å². The zero-order valence-corrected chi connectivity index (χ0v) is 6.58. The van der Waals surface area contributed by atoms with Crippen LogP contribution >= 0.6 is 0 Å². The monoisotopic (exact) mass is 158 g/mol. The van der Waals surface area contributed by atoms with Gasteiger partial charge in [0.05, 0.1) is 11.5 Å². The molecular formula is C7H10O2S. The van der Waals surface area contributed by atoms with Crippen molar-refractivity contribution in [2.45, 2.75) is 19.3 Å². The molecule has 10 heavy (non-hydrogen) atoms. The largest absolute Gasteiger partial charge is 0.229 e. The third-order valence-electron chi connectivity index (χ3n) is 1.42. The molecule has 0 amide bonds. The summed E-state index contributed by atoms with van der Waals surface area (Å²) in [5.41, 5.74) is 0. The molecule has 0 N–H and O–H groups in total. The predicted octanol–water partition coefficient (Wildman–Crippen LogP) is 0.589. The van der Waals surface area contributed by atoms with E-state index in [4.69, 9.17) is 0 Å². The first-order chi connectivity index (χ1) is 4.71. The maximum atomic E-state index is 11.0. The number of sulfone groups is 1. The van der Waals surface area contributed by atoms with Crippen molar-refractivity contribution in [3.8, 4) is 11.8 Å². The summed E-state index contributed by atoms with van der Waals surface area (Å²) >= 11 is 0. The van der Waals surface area contributed by atoms with E-state index in [9.17, 15) is 8.42 Å². The van der Waals surface area contributed by atoms with Gasteiger partial charge < -0.3 is 0 Å². The summed E-state index contributed by atoms with van der Waals surface area (Å²) in [4.78, 5) is 0. The zero-order chi connectivity index (χ0) is 7.45. The van der Waals surface area contributed by atoms with Crippen molar-refractivity contribution in [3.05, 3.63) is 0 Å². The summed E-state index contributed by atoms with van der Waals surface area (Å²) in [5, 5.41) is 0. The lowest BCUT2D eigenvalue weighted by Crippen LogP contribution is -2.11. The van der Waals surface area contributed by atoms with Crippen LogP contribution in [0.1, 0.15) is 19.3 Å². The molecule has 0 spiro atoms. The quantitative estimate of drug-likeness (QED) is 0.483. The fraction of sp³-hybridized carbons (Fsp3) is 0.714. The molecule has 0 aromatic rings. The Kier molecular flexibility index (Phi) is 2.34. The minimum absolute atomic E-state index is 0.250. The molecule has 3 heteroatoms. The van der Waals surface area contributed by atoms with Gasteiger partial charge in [0.25, 0.3) is 0 Å². The first kappa shape index (κ1) is 7.62. The Morgan fingerprint density at radius 2 is 1.70 bits per heavy atom. The molecule has 1 heterocycles. The molecule has 0 saturated heterocycles. The van der Waals surface area contributed by atoms with Crippen LogP contribution in [0.25, 0.3) is 0 Å². The highest BCUT2D eigenvalue weighted by Crippen LogP contribution is 2.01. The lowest BCUT2D eigenvalue weighted by molar-refractivity contribution is 0.593. The average molecular weight is 158 g/mol. The summed E-state index contributed by atoms with van der Waals surface area (Å²) in [5.74, 6) is 6.30. The van der Waals surface area contributed by atoms with Gasteiger partial charge in [-0.1, -0.05) is 0 Å². The summed E-state index contributed by atoms with van der Waals surface area (Å²) in [6.07, 6.45) is 1.96.